The Labute approximate surface area is 119 Å². The van der Waals surface area contributed by atoms with E-state index in [-0.39, 0.29) is 12.3 Å². The molecule has 4 N–H and O–H groups in total. The molecule has 0 fully saturated rings. The molecule has 1 aromatic rings. The van der Waals surface area contributed by atoms with Gasteiger partial charge in [-0.1, -0.05) is 6.92 Å². The van der Waals surface area contributed by atoms with Gasteiger partial charge in [0.1, 0.15) is 5.82 Å². The molecule has 1 aromatic heterocycles. The maximum Gasteiger partial charge on any atom is 0.251 e. The van der Waals surface area contributed by atoms with E-state index < -0.39 is 11.4 Å². The SMILES string of the molecule is CCc1cc(C(=O)NC(C)(C)CC(N)=O)cc(NC)n1. The molecular formula is C14H22N4O2. The van der Waals surface area contributed by atoms with E-state index in [0.717, 1.165) is 12.1 Å². The van der Waals surface area contributed by atoms with Crippen molar-refractivity contribution in [3.05, 3.63) is 23.4 Å². The summed E-state index contributed by atoms with van der Waals surface area (Å²) in [7, 11) is 1.75. The number of anilines is 1. The first-order valence-electron chi connectivity index (χ1n) is 6.57. The van der Waals surface area contributed by atoms with Crippen LogP contribution in [0, 0.1) is 0 Å². The lowest BCUT2D eigenvalue weighted by atomic mass is 9.99. The smallest absolute Gasteiger partial charge is 0.251 e. The van der Waals surface area contributed by atoms with Crippen LogP contribution in [0.1, 0.15) is 43.2 Å². The molecule has 0 atom stereocenters. The van der Waals surface area contributed by atoms with E-state index in [9.17, 15) is 9.59 Å². The summed E-state index contributed by atoms with van der Waals surface area (Å²) < 4.78 is 0. The van der Waals surface area contributed by atoms with Crippen LogP contribution in [-0.2, 0) is 11.2 Å². The van der Waals surface area contributed by atoms with Crippen LogP contribution in [0.2, 0.25) is 0 Å². The van der Waals surface area contributed by atoms with Gasteiger partial charge in [0, 0.05) is 30.3 Å². The number of pyridine rings is 1. The topological polar surface area (TPSA) is 97.1 Å². The van der Waals surface area contributed by atoms with Crippen molar-refractivity contribution in [1.29, 1.82) is 0 Å². The minimum Gasteiger partial charge on any atom is -0.373 e. The number of carbonyl (C=O) groups is 2. The van der Waals surface area contributed by atoms with Crippen LogP contribution in [0.5, 0.6) is 0 Å². The highest BCUT2D eigenvalue weighted by Gasteiger charge is 2.23. The Hall–Kier alpha value is -2.11. The van der Waals surface area contributed by atoms with Crippen LogP contribution in [0.3, 0.4) is 0 Å². The Morgan fingerprint density at radius 2 is 2.00 bits per heavy atom. The monoisotopic (exact) mass is 278 g/mol. The first-order chi connectivity index (χ1) is 9.27. The Kier molecular flexibility index (Phi) is 5.07. The summed E-state index contributed by atoms with van der Waals surface area (Å²) in [5.74, 6) is -0.0535. The molecule has 6 heteroatoms. The molecule has 0 aliphatic rings. The van der Waals surface area contributed by atoms with Gasteiger partial charge < -0.3 is 16.4 Å². The molecule has 0 saturated carbocycles. The summed E-state index contributed by atoms with van der Waals surface area (Å²) >= 11 is 0. The average molecular weight is 278 g/mol. The van der Waals surface area contributed by atoms with Gasteiger partial charge >= 0.3 is 0 Å². The number of hydrogen-bond acceptors (Lipinski definition) is 4. The summed E-state index contributed by atoms with van der Waals surface area (Å²) in [5.41, 5.74) is 5.83. The van der Waals surface area contributed by atoms with Crippen LogP contribution in [0.25, 0.3) is 0 Å². The van der Waals surface area contributed by atoms with Crippen molar-refractivity contribution in [2.75, 3.05) is 12.4 Å². The van der Waals surface area contributed by atoms with Crippen LogP contribution in [0.15, 0.2) is 12.1 Å². The zero-order valence-corrected chi connectivity index (χ0v) is 12.4. The Balaban J connectivity index is 2.94. The Morgan fingerprint density at radius 3 is 2.50 bits per heavy atom. The minimum absolute atomic E-state index is 0.0867. The number of rotatable bonds is 6. The third kappa shape index (κ3) is 4.53. The summed E-state index contributed by atoms with van der Waals surface area (Å²) in [5, 5.41) is 5.74. The maximum atomic E-state index is 12.3. The molecule has 0 aliphatic heterocycles. The lowest BCUT2D eigenvalue weighted by Gasteiger charge is -2.25. The van der Waals surface area contributed by atoms with Crippen molar-refractivity contribution >= 4 is 17.6 Å². The molecule has 20 heavy (non-hydrogen) atoms. The van der Waals surface area contributed by atoms with E-state index in [1.165, 1.54) is 0 Å². The van der Waals surface area contributed by atoms with E-state index in [2.05, 4.69) is 15.6 Å². The summed E-state index contributed by atoms with van der Waals surface area (Å²) in [4.78, 5) is 27.6. The second-order valence-electron chi connectivity index (χ2n) is 5.32. The molecule has 0 aliphatic carbocycles. The number of amides is 2. The van der Waals surface area contributed by atoms with E-state index in [1.807, 2.05) is 6.92 Å². The first kappa shape index (κ1) is 15.9. The van der Waals surface area contributed by atoms with Gasteiger partial charge in [-0.3, -0.25) is 9.59 Å². The molecule has 0 saturated heterocycles. The maximum absolute atomic E-state index is 12.3. The van der Waals surface area contributed by atoms with Gasteiger partial charge in [-0.05, 0) is 32.4 Å². The number of carbonyl (C=O) groups excluding carboxylic acids is 2. The largest absolute Gasteiger partial charge is 0.373 e. The van der Waals surface area contributed by atoms with Crippen molar-refractivity contribution in [1.82, 2.24) is 10.3 Å². The predicted molar refractivity (Wildman–Crippen MR) is 78.5 cm³/mol. The summed E-state index contributed by atoms with van der Waals surface area (Å²) in [6.45, 7) is 5.49. The first-order valence-corrected chi connectivity index (χ1v) is 6.57. The minimum atomic E-state index is -0.682. The van der Waals surface area contributed by atoms with Crippen molar-refractivity contribution in [3.63, 3.8) is 0 Å². The molecule has 0 unspecified atom stereocenters. The highest BCUT2D eigenvalue weighted by Crippen LogP contribution is 2.14. The van der Waals surface area contributed by atoms with Crippen molar-refractivity contribution in [3.8, 4) is 0 Å². The van der Waals surface area contributed by atoms with Crippen LogP contribution in [-0.4, -0.2) is 29.4 Å². The van der Waals surface area contributed by atoms with Crippen LogP contribution in [0.4, 0.5) is 5.82 Å². The van der Waals surface area contributed by atoms with Gasteiger partial charge in [0.15, 0.2) is 0 Å². The molecule has 6 nitrogen and oxygen atoms in total. The molecule has 110 valence electrons. The van der Waals surface area contributed by atoms with Crippen molar-refractivity contribution in [2.45, 2.75) is 39.2 Å². The molecule has 0 spiro atoms. The average Bonchev–Trinajstić information content (AvgIpc) is 2.35. The third-order valence-electron chi connectivity index (χ3n) is 2.83. The summed E-state index contributed by atoms with van der Waals surface area (Å²) in [6.07, 6.45) is 0.823. The van der Waals surface area contributed by atoms with Gasteiger partial charge in [0.25, 0.3) is 5.91 Å². The predicted octanol–water partition coefficient (Wildman–Crippen LogP) is 1.07. The van der Waals surface area contributed by atoms with E-state index >= 15 is 0 Å². The number of primary amides is 1. The van der Waals surface area contributed by atoms with Gasteiger partial charge in [-0.2, -0.15) is 0 Å². The molecule has 1 heterocycles. The second kappa shape index (κ2) is 6.36. The number of nitrogens with one attached hydrogen (secondary N) is 2. The lowest BCUT2D eigenvalue weighted by Crippen LogP contribution is -2.46. The number of nitrogens with zero attached hydrogens (tertiary/aromatic N) is 1. The number of aryl methyl sites for hydroxylation is 1. The van der Waals surface area contributed by atoms with Crippen molar-refractivity contribution < 1.29 is 9.59 Å². The zero-order chi connectivity index (χ0) is 15.3. The third-order valence-corrected chi connectivity index (χ3v) is 2.83. The zero-order valence-electron chi connectivity index (χ0n) is 12.4. The normalized spacial score (nSPS) is 11.0. The van der Waals surface area contributed by atoms with Gasteiger partial charge in [0.05, 0.1) is 0 Å². The Bertz CT molecular complexity index is 490. The van der Waals surface area contributed by atoms with Gasteiger partial charge in [-0.15, -0.1) is 0 Å². The van der Waals surface area contributed by atoms with Crippen LogP contribution >= 0.6 is 0 Å². The molecular weight excluding hydrogens is 256 g/mol. The highest BCUT2D eigenvalue weighted by atomic mass is 16.2. The molecule has 0 aromatic carbocycles. The lowest BCUT2D eigenvalue weighted by molar-refractivity contribution is -0.119. The molecule has 0 radical (unpaired) electrons. The van der Waals surface area contributed by atoms with E-state index in [0.29, 0.717) is 11.4 Å². The van der Waals surface area contributed by atoms with Crippen molar-refractivity contribution in [2.24, 2.45) is 5.73 Å². The van der Waals surface area contributed by atoms with Gasteiger partial charge in [0.2, 0.25) is 5.91 Å². The molecule has 1 rings (SSSR count). The van der Waals surface area contributed by atoms with Gasteiger partial charge in [-0.25, -0.2) is 4.98 Å². The standard InChI is InChI=1S/C14H22N4O2/c1-5-10-6-9(7-12(16-4)17-10)13(20)18-14(2,3)8-11(15)19/h6-7H,5,8H2,1-4H3,(H2,15,19)(H,16,17)(H,18,20). The summed E-state index contributed by atoms with van der Waals surface area (Å²) in [6, 6.07) is 3.42. The number of nitrogens with two attached hydrogens (primary N) is 1. The highest BCUT2D eigenvalue weighted by molar-refractivity contribution is 5.95. The fourth-order valence-electron chi connectivity index (χ4n) is 1.89. The fraction of sp³-hybridized carbons (Fsp3) is 0.500. The van der Waals surface area contributed by atoms with Crippen LogP contribution < -0.4 is 16.4 Å². The molecule has 0 bridgehead atoms. The van der Waals surface area contributed by atoms with E-state index in [1.54, 1.807) is 33.0 Å². The second-order valence-corrected chi connectivity index (χ2v) is 5.32. The number of aromatic nitrogens is 1. The van der Waals surface area contributed by atoms with E-state index in [4.69, 9.17) is 5.73 Å². The number of hydrogen-bond donors (Lipinski definition) is 3. The fourth-order valence-corrected chi connectivity index (χ4v) is 1.89. The quantitative estimate of drug-likeness (QED) is 0.725. The Morgan fingerprint density at radius 1 is 1.35 bits per heavy atom. The molecule has 2 amide bonds.